The quantitative estimate of drug-likeness (QED) is 0.203. The van der Waals surface area contributed by atoms with Gasteiger partial charge in [-0.1, -0.05) is 78.3 Å². The zero-order chi connectivity index (χ0) is 30.7. The van der Waals surface area contributed by atoms with Gasteiger partial charge in [0.2, 0.25) is 0 Å². The van der Waals surface area contributed by atoms with Crippen LogP contribution in [-0.2, 0) is 33.8 Å². The second-order valence-electron chi connectivity index (χ2n) is 13.9. The molecule has 4 fully saturated rings. The first-order chi connectivity index (χ1) is 21.9. The third kappa shape index (κ3) is 4.84. The van der Waals surface area contributed by atoms with Gasteiger partial charge in [-0.25, -0.2) is 9.59 Å². The van der Waals surface area contributed by atoms with Gasteiger partial charge in [0.15, 0.2) is 0 Å². The van der Waals surface area contributed by atoms with Crippen molar-refractivity contribution in [2.75, 3.05) is 7.11 Å². The normalized spacial score (nSPS) is 28.2. The van der Waals surface area contributed by atoms with Gasteiger partial charge < -0.3 is 14.0 Å². The summed E-state index contributed by atoms with van der Waals surface area (Å²) in [5.74, 6) is 1.59. The van der Waals surface area contributed by atoms with E-state index in [1.54, 1.807) is 4.90 Å². The Bertz CT molecular complexity index is 1730. The van der Waals surface area contributed by atoms with Crippen molar-refractivity contribution in [2.24, 2.45) is 23.2 Å². The van der Waals surface area contributed by atoms with Crippen LogP contribution in [0.25, 0.3) is 10.9 Å². The molecule has 45 heavy (non-hydrogen) atoms. The minimum Gasteiger partial charge on any atom is -0.459 e. The van der Waals surface area contributed by atoms with Crippen molar-refractivity contribution in [2.45, 2.75) is 70.2 Å². The van der Waals surface area contributed by atoms with E-state index in [-0.39, 0.29) is 24.0 Å². The Morgan fingerprint density at radius 1 is 0.867 bits per heavy atom. The van der Waals surface area contributed by atoms with Crippen LogP contribution in [0.1, 0.15) is 67.0 Å². The fourth-order valence-electron chi connectivity index (χ4n) is 9.95. The minimum atomic E-state index is -0.786. The number of carbonyl (C=O) groups excluding carboxylic acids is 2. The van der Waals surface area contributed by atoms with Gasteiger partial charge in [0.1, 0.15) is 12.6 Å². The van der Waals surface area contributed by atoms with Gasteiger partial charge >= 0.3 is 12.1 Å². The number of aromatic nitrogens is 1. The van der Waals surface area contributed by atoms with Crippen LogP contribution in [0.3, 0.4) is 0 Å². The van der Waals surface area contributed by atoms with E-state index >= 15 is 0 Å². The lowest BCUT2D eigenvalue weighted by Crippen LogP contribution is -2.60. The van der Waals surface area contributed by atoms with Crippen molar-refractivity contribution in [3.63, 3.8) is 0 Å². The lowest BCUT2D eigenvalue weighted by molar-refractivity contribution is -0.158. The molecule has 6 nitrogen and oxygen atoms in total. The smallest absolute Gasteiger partial charge is 0.410 e. The maximum Gasteiger partial charge on any atom is 0.410 e. The molecular weight excluding hydrogens is 584 g/mol. The van der Waals surface area contributed by atoms with Crippen LogP contribution in [0.4, 0.5) is 4.79 Å². The summed E-state index contributed by atoms with van der Waals surface area (Å²) in [4.78, 5) is 30.0. The van der Waals surface area contributed by atoms with Crippen molar-refractivity contribution in [1.82, 2.24) is 9.47 Å². The molecule has 2 heterocycles. The third-order valence-corrected chi connectivity index (χ3v) is 11.6. The lowest BCUT2D eigenvalue weighted by atomic mass is 9.47. The maximum atomic E-state index is 14.2. The average Bonchev–Trinajstić information content (AvgIpc) is 3.36. The SMILES string of the molecule is COC(=O)N1C(C(=O)OCc2ccccc2)Cc2c(n(Cc3ccccc3Cl)c3ccccc23)C1C12CC3CC(CC(C3)C1)C2. The number of hydrogen-bond acceptors (Lipinski definition) is 4. The van der Waals surface area contributed by atoms with Crippen molar-refractivity contribution < 1.29 is 19.1 Å². The van der Waals surface area contributed by atoms with E-state index in [0.717, 1.165) is 57.6 Å². The first-order valence-corrected chi connectivity index (χ1v) is 16.7. The molecular formula is C38H39ClN2O4. The average molecular weight is 623 g/mol. The summed E-state index contributed by atoms with van der Waals surface area (Å²) in [5, 5.41) is 1.85. The Balaban J connectivity index is 1.31. The van der Waals surface area contributed by atoms with Crippen LogP contribution < -0.4 is 0 Å². The predicted molar refractivity (Wildman–Crippen MR) is 174 cm³/mol. The maximum absolute atomic E-state index is 14.2. The number of rotatable bonds is 6. The Labute approximate surface area is 269 Å². The first kappa shape index (κ1) is 28.7. The summed E-state index contributed by atoms with van der Waals surface area (Å²) >= 11 is 6.76. The summed E-state index contributed by atoms with van der Waals surface area (Å²) in [6.45, 7) is 0.741. The van der Waals surface area contributed by atoms with Gasteiger partial charge in [0, 0.05) is 34.6 Å². The summed E-state index contributed by atoms with van der Waals surface area (Å²) in [5.41, 5.74) is 5.18. The third-order valence-electron chi connectivity index (χ3n) is 11.2. The molecule has 4 aromatic rings. The van der Waals surface area contributed by atoms with E-state index in [0.29, 0.717) is 30.7 Å². The highest BCUT2D eigenvalue weighted by Crippen LogP contribution is 2.66. The molecule has 0 saturated heterocycles. The molecule has 2 unspecified atom stereocenters. The molecule has 1 aromatic heterocycles. The summed E-state index contributed by atoms with van der Waals surface area (Å²) < 4.78 is 13.9. The van der Waals surface area contributed by atoms with Gasteiger partial charge in [-0.15, -0.1) is 0 Å². The number of benzene rings is 3. The van der Waals surface area contributed by atoms with Gasteiger partial charge in [0.25, 0.3) is 0 Å². The first-order valence-electron chi connectivity index (χ1n) is 16.3. The van der Waals surface area contributed by atoms with Crippen molar-refractivity contribution >= 4 is 34.6 Å². The number of fused-ring (bicyclic) bond motifs is 3. The number of amides is 1. The predicted octanol–water partition coefficient (Wildman–Crippen LogP) is 8.34. The van der Waals surface area contributed by atoms with Gasteiger partial charge in [-0.3, -0.25) is 4.90 Å². The molecule has 0 radical (unpaired) electrons. The van der Waals surface area contributed by atoms with E-state index in [1.807, 2.05) is 48.5 Å². The van der Waals surface area contributed by atoms with Crippen LogP contribution in [0.5, 0.6) is 0 Å². The van der Waals surface area contributed by atoms with Crippen LogP contribution in [-0.4, -0.2) is 34.7 Å². The molecule has 2 atom stereocenters. The van der Waals surface area contributed by atoms with E-state index in [2.05, 4.69) is 34.9 Å². The van der Waals surface area contributed by atoms with Crippen LogP contribution in [0.15, 0.2) is 78.9 Å². The number of ether oxygens (including phenoxy) is 2. The second-order valence-corrected chi connectivity index (χ2v) is 14.3. The van der Waals surface area contributed by atoms with Crippen LogP contribution in [0, 0.1) is 23.2 Å². The van der Waals surface area contributed by atoms with Crippen molar-refractivity contribution in [3.05, 3.63) is 106 Å². The van der Waals surface area contributed by atoms with Crippen molar-refractivity contribution in [3.8, 4) is 0 Å². The second kappa shape index (κ2) is 11.2. The highest BCUT2D eigenvalue weighted by molar-refractivity contribution is 6.31. The highest BCUT2D eigenvalue weighted by Gasteiger charge is 2.60. The Morgan fingerprint density at radius 3 is 2.20 bits per heavy atom. The van der Waals surface area contributed by atoms with E-state index < -0.39 is 12.1 Å². The molecule has 0 spiro atoms. The number of esters is 1. The molecule has 0 N–H and O–H groups in total. The topological polar surface area (TPSA) is 60.8 Å². The van der Waals surface area contributed by atoms with Crippen molar-refractivity contribution in [1.29, 1.82) is 0 Å². The van der Waals surface area contributed by atoms with E-state index in [9.17, 15) is 9.59 Å². The van der Waals surface area contributed by atoms with Gasteiger partial charge in [0.05, 0.1) is 13.2 Å². The molecule has 4 saturated carbocycles. The van der Waals surface area contributed by atoms with Gasteiger partial charge in [-0.2, -0.15) is 0 Å². The molecule has 4 bridgehead atoms. The Kier molecular flexibility index (Phi) is 7.16. The highest BCUT2D eigenvalue weighted by atomic mass is 35.5. The van der Waals surface area contributed by atoms with Crippen LogP contribution in [0.2, 0.25) is 5.02 Å². The molecule has 4 aliphatic carbocycles. The lowest BCUT2D eigenvalue weighted by Gasteiger charge is -2.62. The fraction of sp³-hybridized carbons (Fsp3) is 0.421. The summed E-state index contributed by atoms with van der Waals surface area (Å²) in [7, 11) is 1.43. The fourth-order valence-corrected chi connectivity index (χ4v) is 10.1. The Hall–Kier alpha value is -3.77. The monoisotopic (exact) mass is 622 g/mol. The molecule has 232 valence electrons. The zero-order valence-corrected chi connectivity index (χ0v) is 26.4. The Morgan fingerprint density at radius 2 is 1.51 bits per heavy atom. The number of nitrogens with zero attached hydrogens (tertiary/aromatic N) is 2. The van der Waals surface area contributed by atoms with E-state index in [1.165, 1.54) is 26.4 Å². The molecule has 7 heteroatoms. The largest absolute Gasteiger partial charge is 0.459 e. The number of para-hydroxylation sites is 1. The number of methoxy groups -OCH3 is 1. The van der Waals surface area contributed by atoms with Gasteiger partial charge in [-0.05, 0) is 90.5 Å². The molecule has 5 aliphatic rings. The molecule has 1 amide bonds. The molecule has 1 aliphatic heterocycles. The number of hydrogen-bond donors (Lipinski definition) is 0. The number of halogens is 1. The van der Waals surface area contributed by atoms with Crippen LogP contribution >= 0.6 is 11.6 Å². The standard InChI is InChI=1S/C38H39ClN2O4/c1-44-37(43)41-33(36(42)45-23-24-9-3-2-4-10-24)18-30-29-12-6-8-14-32(29)40(22-28-11-5-7-13-31(28)39)34(30)35(41)38-19-25-15-26(20-38)17-27(16-25)21-38/h2-14,25-27,33,35H,15-23H2,1H3. The minimum absolute atomic E-state index is 0.136. The summed E-state index contributed by atoms with van der Waals surface area (Å²) in [6.07, 6.45) is 6.95. The molecule has 9 rings (SSSR count). The van der Waals surface area contributed by atoms with E-state index in [4.69, 9.17) is 21.1 Å². The summed E-state index contributed by atoms with van der Waals surface area (Å²) in [6, 6.07) is 25.1. The zero-order valence-electron chi connectivity index (χ0n) is 25.7. The number of carbonyl (C=O) groups is 2. The molecule has 3 aromatic carbocycles.